The van der Waals surface area contributed by atoms with Crippen molar-refractivity contribution >= 4 is 16.9 Å². The van der Waals surface area contributed by atoms with Crippen LogP contribution in [0.4, 0.5) is 4.39 Å². The number of imidazole rings is 1. The first-order valence-corrected chi connectivity index (χ1v) is 8.13. The number of hydrogen-bond donors (Lipinski definition) is 1. The normalized spacial score (nSPS) is 18.2. The molecule has 0 radical (unpaired) electrons. The van der Waals surface area contributed by atoms with Crippen molar-refractivity contribution in [3.8, 4) is 0 Å². The predicted octanol–water partition coefficient (Wildman–Crippen LogP) is 2.59. The molecular formula is C17H18FN5O. The first kappa shape index (κ1) is 14.9. The highest BCUT2D eigenvalue weighted by atomic mass is 19.1. The number of likely N-dealkylation sites (tertiary alicyclic amines) is 1. The van der Waals surface area contributed by atoms with Crippen LogP contribution in [0.25, 0.3) is 11.0 Å². The monoisotopic (exact) mass is 327 g/mol. The molecule has 7 heteroatoms. The molecule has 0 bridgehead atoms. The second kappa shape index (κ2) is 6.07. The van der Waals surface area contributed by atoms with Gasteiger partial charge in [-0.1, -0.05) is 0 Å². The zero-order valence-electron chi connectivity index (χ0n) is 13.2. The highest BCUT2D eigenvalue weighted by Gasteiger charge is 2.29. The Morgan fingerprint density at radius 1 is 1.38 bits per heavy atom. The smallest absolute Gasteiger partial charge is 0.256 e. The first-order valence-electron chi connectivity index (χ1n) is 8.13. The van der Waals surface area contributed by atoms with Crippen LogP contribution in [-0.4, -0.2) is 43.1 Å². The Hall–Kier alpha value is -2.70. The molecule has 1 N–H and O–H groups in total. The fourth-order valence-electron chi connectivity index (χ4n) is 3.41. The van der Waals surface area contributed by atoms with Gasteiger partial charge in [-0.25, -0.2) is 9.37 Å². The van der Waals surface area contributed by atoms with Crippen LogP contribution in [0.2, 0.25) is 0 Å². The number of halogens is 1. The molecule has 1 fully saturated rings. The van der Waals surface area contributed by atoms with Gasteiger partial charge in [0, 0.05) is 18.9 Å². The average molecular weight is 327 g/mol. The zero-order valence-corrected chi connectivity index (χ0v) is 13.2. The molecule has 2 aromatic heterocycles. The van der Waals surface area contributed by atoms with Crippen molar-refractivity contribution in [3.05, 3.63) is 48.3 Å². The molecule has 24 heavy (non-hydrogen) atoms. The molecule has 1 amide bonds. The number of fused-ring (bicyclic) bond motifs is 1. The Bertz CT molecular complexity index is 857. The number of H-pyrrole nitrogens is 1. The van der Waals surface area contributed by atoms with Crippen molar-refractivity contribution in [1.29, 1.82) is 0 Å². The Morgan fingerprint density at radius 3 is 3.12 bits per heavy atom. The number of carbonyl (C=O) groups is 1. The number of carbonyl (C=O) groups excluding carboxylic acids is 1. The Labute approximate surface area is 138 Å². The Morgan fingerprint density at radius 2 is 2.29 bits per heavy atom. The van der Waals surface area contributed by atoms with E-state index in [1.54, 1.807) is 6.20 Å². The van der Waals surface area contributed by atoms with Gasteiger partial charge in [-0.15, -0.1) is 0 Å². The lowest BCUT2D eigenvalue weighted by Crippen LogP contribution is -2.46. The van der Waals surface area contributed by atoms with E-state index >= 15 is 0 Å². The summed E-state index contributed by atoms with van der Waals surface area (Å²) in [6.45, 7) is 1.32. The number of benzene rings is 1. The third kappa shape index (κ3) is 2.66. The Balaban J connectivity index is 1.66. The van der Waals surface area contributed by atoms with E-state index in [2.05, 4.69) is 15.1 Å². The molecule has 1 saturated heterocycles. The maximum absolute atomic E-state index is 13.9. The molecule has 1 aromatic carbocycles. The van der Waals surface area contributed by atoms with E-state index in [4.69, 9.17) is 0 Å². The van der Waals surface area contributed by atoms with Crippen LogP contribution in [0.3, 0.4) is 0 Å². The van der Waals surface area contributed by atoms with Gasteiger partial charge in [0.2, 0.25) is 0 Å². The molecule has 1 aliphatic heterocycles. The van der Waals surface area contributed by atoms with Gasteiger partial charge in [0.05, 0.1) is 30.0 Å². The quantitative estimate of drug-likeness (QED) is 0.804. The van der Waals surface area contributed by atoms with Crippen molar-refractivity contribution in [3.63, 3.8) is 0 Å². The summed E-state index contributed by atoms with van der Waals surface area (Å²) in [5.74, 6) is -0.598. The molecule has 4 rings (SSSR count). The minimum Gasteiger partial charge on any atom is -0.344 e. The maximum atomic E-state index is 13.9. The summed E-state index contributed by atoms with van der Waals surface area (Å²) >= 11 is 0. The first-order chi connectivity index (χ1) is 11.7. The summed E-state index contributed by atoms with van der Waals surface area (Å²) in [5.41, 5.74) is 1.38. The molecule has 0 spiro atoms. The third-order valence-electron chi connectivity index (χ3n) is 4.56. The molecule has 1 aliphatic rings. The zero-order chi connectivity index (χ0) is 16.5. The van der Waals surface area contributed by atoms with Gasteiger partial charge in [0.25, 0.3) is 5.91 Å². The standard InChI is InChI=1S/C17H18FN5O/c18-12-8-14(16-15(9-12)19-11-20-16)17(24)23-7-2-1-4-13(23)10-22-6-3-5-21-22/h3,5-6,8-9,11,13H,1-2,4,7,10H2,(H,19,20)/t13-/m1/s1. The van der Waals surface area contributed by atoms with E-state index in [1.807, 2.05) is 21.8 Å². The lowest BCUT2D eigenvalue weighted by Gasteiger charge is -2.35. The molecule has 0 unspecified atom stereocenters. The van der Waals surface area contributed by atoms with Gasteiger partial charge >= 0.3 is 0 Å². The number of amides is 1. The van der Waals surface area contributed by atoms with Crippen molar-refractivity contribution in [1.82, 2.24) is 24.6 Å². The largest absolute Gasteiger partial charge is 0.344 e. The van der Waals surface area contributed by atoms with Gasteiger partial charge in [-0.2, -0.15) is 5.10 Å². The Kier molecular flexibility index (Phi) is 3.76. The topological polar surface area (TPSA) is 66.8 Å². The minimum absolute atomic E-state index is 0.0587. The van der Waals surface area contributed by atoms with Crippen LogP contribution < -0.4 is 0 Å². The number of rotatable bonds is 3. The predicted molar refractivity (Wildman–Crippen MR) is 87.0 cm³/mol. The summed E-state index contributed by atoms with van der Waals surface area (Å²) < 4.78 is 15.7. The number of hydrogen-bond acceptors (Lipinski definition) is 3. The average Bonchev–Trinajstić information content (AvgIpc) is 3.25. The highest BCUT2D eigenvalue weighted by molar-refractivity contribution is 6.05. The molecule has 0 aliphatic carbocycles. The lowest BCUT2D eigenvalue weighted by molar-refractivity contribution is 0.0585. The summed E-state index contributed by atoms with van der Waals surface area (Å²) in [6.07, 6.45) is 8.07. The second-order valence-corrected chi connectivity index (χ2v) is 6.13. The van der Waals surface area contributed by atoms with Gasteiger partial charge in [0.1, 0.15) is 11.3 Å². The summed E-state index contributed by atoms with van der Waals surface area (Å²) in [6, 6.07) is 4.57. The minimum atomic E-state index is -0.435. The highest BCUT2D eigenvalue weighted by Crippen LogP contribution is 2.24. The molecule has 3 aromatic rings. The van der Waals surface area contributed by atoms with Gasteiger partial charge < -0.3 is 9.88 Å². The third-order valence-corrected chi connectivity index (χ3v) is 4.56. The summed E-state index contributed by atoms with van der Waals surface area (Å²) in [7, 11) is 0. The summed E-state index contributed by atoms with van der Waals surface area (Å²) in [5, 5.41) is 4.23. The number of nitrogens with one attached hydrogen (secondary N) is 1. The van der Waals surface area contributed by atoms with E-state index in [9.17, 15) is 9.18 Å². The van der Waals surface area contributed by atoms with E-state index in [-0.39, 0.29) is 11.9 Å². The summed E-state index contributed by atoms with van der Waals surface area (Å²) in [4.78, 5) is 22.0. The molecule has 124 valence electrons. The van der Waals surface area contributed by atoms with E-state index in [0.29, 0.717) is 29.7 Å². The van der Waals surface area contributed by atoms with Gasteiger partial charge in [-0.05, 0) is 37.5 Å². The van der Waals surface area contributed by atoms with Crippen LogP contribution in [0.1, 0.15) is 29.6 Å². The number of piperidine rings is 1. The number of aromatic amines is 1. The van der Waals surface area contributed by atoms with Crippen LogP contribution in [-0.2, 0) is 6.54 Å². The molecule has 1 atom stereocenters. The molecule has 0 saturated carbocycles. The van der Waals surface area contributed by atoms with Crippen LogP contribution >= 0.6 is 0 Å². The van der Waals surface area contributed by atoms with Crippen LogP contribution in [0.5, 0.6) is 0 Å². The van der Waals surface area contributed by atoms with E-state index in [1.165, 1.54) is 18.5 Å². The van der Waals surface area contributed by atoms with Gasteiger partial charge in [0.15, 0.2) is 0 Å². The van der Waals surface area contributed by atoms with Crippen molar-refractivity contribution < 1.29 is 9.18 Å². The van der Waals surface area contributed by atoms with Crippen molar-refractivity contribution in [2.24, 2.45) is 0 Å². The van der Waals surface area contributed by atoms with Crippen molar-refractivity contribution in [2.45, 2.75) is 31.8 Å². The molecule has 6 nitrogen and oxygen atoms in total. The molecular weight excluding hydrogens is 309 g/mol. The second-order valence-electron chi connectivity index (χ2n) is 6.13. The fraction of sp³-hybridized carbons (Fsp3) is 0.353. The number of nitrogens with zero attached hydrogens (tertiary/aromatic N) is 4. The maximum Gasteiger partial charge on any atom is 0.256 e. The SMILES string of the molecule is O=C(c1cc(F)cc2[nH]cnc12)N1CCCC[C@@H]1Cn1cccn1. The van der Waals surface area contributed by atoms with Crippen molar-refractivity contribution in [2.75, 3.05) is 6.54 Å². The fourth-order valence-corrected chi connectivity index (χ4v) is 3.41. The van der Waals surface area contributed by atoms with E-state index < -0.39 is 5.82 Å². The number of aromatic nitrogens is 4. The lowest BCUT2D eigenvalue weighted by atomic mass is 10.00. The van der Waals surface area contributed by atoms with Gasteiger partial charge in [-0.3, -0.25) is 9.48 Å². The molecule has 3 heterocycles. The van der Waals surface area contributed by atoms with Crippen LogP contribution in [0, 0.1) is 5.82 Å². The van der Waals surface area contributed by atoms with Crippen LogP contribution in [0.15, 0.2) is 36.9 Å². The van der Waals surface area contributed by atoms with E-state index in [0.717, 1.165) is 19.3 Å².